The third kappa shape index (κ3) is 3.67. The molecule has 0 spiro atoms. The monoisotopic (exact) mass is 316 g/mol. The number of halogens is 3. The van der Waals surface area contributed by atoms with E-state index in [0.717, 1.165) is 38.1 Å². The second-order valence-corrected chi connectivity index (χ2v) is 6.72. The van der Waals surface area contributed by atoms with E-state index in [1.165, 1.54) is 6.07 Å². The van der Waals surface area contributed by atoms with Crippen molar-refractivity contribution < 1.29 is 13.2 Å². The van der Waals surface area contributed by atoms with Crippen molar-refractivity contribution in [2.45, 2.75) is 32.9 Å². The fourth-order valence-electron chi connectivity index (χ4n) is 2.81. The van der Waals surface area contributed by atoms with Crippen LogP contribution in [-0.4, -0.2) is 18.1 Å². The Morgan fingerprint density at radius 3 is 2.52 bits per heavy atom. The normalized spacial score (nSPS) is 18.6. The molecule has 1 aliphatic rings. The van der Waals surface area contributed by atoms with Crippen LogP contribution in [0.2, 0.25) is 0 Å². The fourth-order valence-corrected chi connectivity index (χ4v) is 2.98. The van der Waals surface area contributed by atoms with E-state index in [0.29, 0.717) is 11.3 Å². The van der Waals surface area contributed by atoms with E-state index in [1.54, 1.807) is 0 Å². The average molecular weight is 316 g/mol. The summed E-state index contributed by atoms with van der Waals surface area (Å²) in [5.41, 5.74) is 6.06. The zero-order valence-corrected chi connectivity index (χ0v) is 12.9. The summed E-state index contributed by atoms with van der Waals surface area (Å²) in [5.74, 6) is 0. The second-order valence-electron chi connectivity index (χ2n) is 6.28. The van der Waals surface area contributed by atoms with Crippen molar-refractivity contribution in [1.29, 1.82) is 0 Å². The molecule has 2 rings (SSSR count). The third-order valence-corrected chi connectivity index (χ3v) is 4.05. The molecule has 116 valence electrons. The zero-order valence-electron chi connectivity index (χ0n) is 12.1. The molecule has 0 atom stereocenters. The number of rotatable bonds is 2. The van der Waals surface area contributed by atoms with Gasteiger partial charge in [-0.25, -0.2) is 0 Å². The molecule has 2 nitrogen and oxygen atoms in total. The molecule has 0 saturated carbocycles. The van der Waals surface area contributed by atoms with Gasteiger partial charge in [-0.05, 0) is 36.5 Å². The first-order valence-electron chi connectivity index (χ1n) is 6.86. The lowest BCUT2D eigenvalue weighted by Gasteiger charge is -2.40. The quantitative estimate of drug-likeness (QED) is 0.837. The number of hydrogen-bond donors (Lipinski definition) is 1. The number of nitrogens with zero attached hydrogens (tertiary/aromatic N) is 1. The van der Waals surface area contributed by atoms with Gasteiger partial charge in [0, 0.05) is 24.3 Å². The van der Waals surface area contributed by atoms with Crippen LogP contribution < -0.4 is 10.6 Å². The molecule has 21 heavy (non-hydrogen) atoms. The van der Waals surface area contributed by atoms with Crippen molar-refractivity contribution in [1.82, 2.24) is 0 Å². The summed E-state index contributed by atoms with van der Waals surface area (Å²) in [4.78, 5) is 2.08. The fraction of sp³-hybridized carbons (Fsp3) is 0.533. The van der Waals surface area contributed by atoms with Crippen LogP contribution in [0.4, 0.5) is 18.9 Å². The van der Waals surface area contributed by atoms with E-state index < -0.39 is 11.7 Å². The van der Waals surface area contributed by atoms with E-state index in [1.807, 2.05) is 0 Å². The van der Waals surface area contributed by atoms with Gasteiger partial charge in [-0.15, -0.1) is 0 Å². The number of alkyl halides is 3. The van der Waals surface area contributed by atoms with E-state index in [2.05, 4.69) is 18.7 Å². The first-order chi connectivity index (χ1) is 9.60. The highest BCUT2D eigenvalue weighted by Crippen LogP contribution is 2.36. The molecule has 0 bridgehead atoms. The SMILES string of the molecule is CC1(C)CCCN(c2ccc(C(F)(F)F)cc2C(N)=S)C1. The molecule has 6 heteroatoms. The molecular weight excluding hydrogens is 297 g/mol. The largest absolute Gasteiger partial charge is 0.416 e. The summed E-state index contributed by atoms with van der Waals surface area (Å²) in [6, 6.07) is 3.64. The van der Waals surface area contributed by atoms with Crippen LogP contribution in [0, 0.1) is 5.41 Å². The maximum Gasteiger partial charge on any atom is 0.416 e. The Morgan fingerprint density at radius 1 is 1.33 bits per heavy atom. The van der Waals surface area contributed by atoms with Gasteiger partial charge in [0.15, 0.2) is 0 Å². The van der Waals surface area contributed by atoms with Crippen LogP contribution in [0.25, 0.3) is 0 Å². The molecule has 0 unspecified atom stereocenters. The minimum absolute atomic E-state index is 0.000482. The molecule has 0 radical (unpaired) electrons. The maximum atomic E-state index is 12.8. The maximum absolute atomic E-state index is 12.8. The van der Waals surface area contributed by atoms with Gasteiger partial charge in [-0.2, -0.15) is 13.2 Å². The van der Waals surface area contributed by atoms with Gasteiger partial charge in [0.2, 0.25) is 0 Å². The van der Waals surface area contributed by atoms with Crippen molar-refractivity contribution in [3.05, 3.63) is 29.3 Å². The average Bonchev–Trinajstić information content (AvgIpc) is 2.35. The first kappa shape index (κ1) is 16.1. The van der Waals surface area contributed by atoms with Crippen molar-refractivity contribution in [2.75, 3.05) is 18.0 Å². The van der Waals surface area contributed by atoms with Gasteiger partial charge in [0.05, 0.1) is 5.56 Å². The Balaban J connectivity index is 2.42. The highest BCUT2D eigenvalue weighted by atomic mass is 32.1. The molecule has 1 saturated heterocycles. The van der Waals surface area contributed by atoms with Crippen LogP contribution in [0.3, 0.4) is 0 Å². The van der Waals surface area contributed by atoms with Gasteiger partial charge in [0.1, 0.15) is 4.99 Å². The number of hydrogen-bond acceptors (Lipinski definition) is 2. The molecular formula is C15H19F3N2S. The van der Waals surface area contributed by atoms with Crippen LogP contribution in [0.15, 0.2) is 18.2 Å². The number of thiocarbonyl (C=S) groups is 1. The van der Waals surface area contributed by atoms with Crippen molar-refractivity contribution in [3.63, 3.8) is 0 Å². The highest BCUT2D eigenvalue weighted by molar-refractivity contribution is 7.80. The summed E-state index contributed by atoms with van der Waals surface area (Å²) in [7, 11) is 0. The van der Waals surface area contributed by atoms with Crippen molar-refractivity contribution >= 4 is 22.9 Å². The standard InChI is InChI=1S/C15H19F3N2S/c1-14(2)6-3-7-20(9-14)12-5-4-10(15(16,17)18)8-11(12)13(19)21/h4-5,8H,3,6-7,9H2,1-2H3,(H2,19,21). The minimum Gasteiger partial charge on any atom is -0.389 e. The summed E-state index contributed by atoms with van der Waals surface area (Å²) in [6.07, 6.45) is -2.28. The van der Waals surface area contributed by atoms with Gasteiger partial charge in [-0.3, -0.25) is 0 Å². The van der Waals surface area contributed by atoms with E-state index in [-0.39, 0.29) is 10.4 Å². The van der Waals surface area contributed by atoms with Crippen molar-refractivity contribution in [3.8, 4) is 0 Å². The van der Waals surface area contributed by atoms with E-state index in [4.69, 9.17) is 18.0 Å². The minimum atomic E-state index is -4.39. The van der Waals surface area contributed by atoms with Crippen LogP contribution >= 0.6 is 12.2 Å². The summed E-state index contributed by atoms with van der Waals surface area (Å²) in [5, 5.41) is 0. The molecule has 0 amide bonds. The lowest BCUT2D eigenvalue weighted by Crippen LogP contribution is -2.41. The number of nitrogens with two attached hydrogens (primary N) is 1. The van der Waals surface area contributed by atoms with Gasteiger partial charge in [0.25, 0.3) is 0 Å². The van der Waals surface area contributed by atoms with E-state index >= 15 is 0 Å². The highest BCUT2D eigenvalue weighted by Gasteiger charge is 2.33. The molecule has 0 aromatic heterocycles. The smallest absolute Gasteiger partial charge is 0.389 e. The molecule has 1 aromatic carbocycles. The number of piperidine rings is 1. The Hall–Kier alpha value is -1.30. The van der Waals surface area contributed by atoms with Gasteiger partial charge < -0.3 is 10.6 Å². The summed E-state index contributed by atoms with van der Waals surface area (Å²) < 4.78 is 38.5. The molecule has 1 aliphatic heterocycles. The molecule has 2 N–H and O–H groups in total. The Labute approximate surface area is 128 Å². The Kier molecular flexibility index (Phi) is 4.19. The Bertz CT molecular complexity index is 552. The van der Waals surface area contributed by atoms with Crippen LogP contribution in [0.1, 0.15) is 37.8 Å². The summed E-state index contributed by atoms with van der Waals surface area (Å²) >= 11 is 4.94. The topological polar surface area (TPSA) is 29.3 Å². The van der Waals surface area contributed by atoms with Crippen LogP contribution in [-0.2, 0) is 6.18 Å². The second kappa shape index (κ2) is 5.48. The summed E-state index contributed by atoms with van der Waals surface area (Å²) in [6.45, 7) is 5.91. The Morgan fingerprint density at radius 2 is 2.00 bits per heavy atom. The predicted molar refractivity (Wildman–Crippen MR) is 82.6 cm³/mol. The van der Waals surface area contributed by atoms with Gasteiger partial charge >= 0.3 is 6.18 Å². The molecule has 1 aromatic rings. The number of benzene rings is 1. The third-order valence-electron chi connectivity index (χ3n) is 3.83. The lowest BCUT2D eigenvalue weighted by molar-refractivity contribution is -0.137. The number of anilines is 1. The first-order valence-corrected chi connectivity index (χ1v) is 7.27. The van der Waals surface area contributed by atoms with Gasteiger partial charge in [-0.1, -0.05) is 26.1 Å². The van der Waals surface area contributed by atoms with E-state index in [9.17, 15) is 13.2 Å². The predicted octanol–water partition coefficient (Wildman–Crippen LogP) is 3.97. The van der Waals surface area contributed by atoms with Crippen LogP contribution in [0.5, 0.6) is 0 Å². The molecule has 0 aliphatic carbocycles. The molecule has 1 fully saturated rings. The molecule has 1 heterocycles. The van der Waals surface area contributed by atoms with Crippen molar-refractivity contribution in [2.24, 2.45) is 11.1 Å². The zero-order chi connectivity index (χ0) is 15.8. The lowest BCUT2D eigenvalue weighted by atomic mass is 9.83.